The summed E-state index contributed by atoms with van der Waals surface area (Å²) < 4.78 is 47.8. The minimum Gasteiger partial charge on any atom is -0.367 e. The van der Waals surface area contributed by atoms with Crippen LogP contribution < -0.4 is 0 Å². The second kappa shape index (κ2) is 8.92. The van der Waals surface area contributed by atoms with Crippen LogP contribution in [0.25, 0.3) is 10.9 Å². The first-order valence-corrected chi connectivity index (χ1v) is 11.4. The lowest BCUT2D eigenvalue weighted by atomic mass is 9.73. The molecule has 0 saturated carbocycles. The fourth-order valence-electron chi connectivity index (χ4n) is 5.44. The first-order valence-electron chi connectivity index (χ1n) is 11.4. The van der Waals surface area contributed by atoms with E-state index >= 15 is 0 Å². The molecule has 172 valence electrons. The van der Waals surface area contributed by atoms with E-state index in [1.165, 1.54) is 6.07 Å². The molecule has 4 unspecified atom stereocenters. The fourth-order valence-corrected chi connectivity index (χ4v) is 5.44. The highest BCUT2D eigenvalue weighted by atomic mass is 19.4. The molecule has 3 fully saturated rings. The van der Waals surface area contributed by atoms with Crippen LogP contribution in [0, 0.1) is 11.8 Å². The maximum absolute atomic E-state index is 13.8. The molecule has 3 aliphatic heterocycles. The average molecular weight is 453 g/mol. The first-order chi connectivity index (χ1) is 15.9. The van der Waals surface area contributed by atoms with E-state index in [1.54, 1.807) is 12.1 Å². The topological polar surface area (TPSA) is 25.4 Å². The molecule has 0 N–H and O–H groups in total. The van der Waals surface area contributed by atoms with Gasteiger partial charge < -0.3 is 4.74 Å². The molecule has 3 nitrogen and oxygen atoms in total. The van der Waals surface area contributed by atoms with E-state index in [1.807, 2.05) is 48.5 Å². The molecule has 6 heteroatoms. The summed E-state index contributed by atoms with van der Waals surface area (Å²) in [6, 6.07) is 18.0. The quantitative estimate of drug-likeness (QED) is 0.404. The van der Waals surface area contributed by atoms with E-state index in [0.717, 1.165) is 31.5 Å². The van der Waals surface area contributed by atoms with Crippen LogP contribution in [-0.2, 0) is 17.5 Å². The van der Waals surface area contributed by atoms with E-state index in [9.17, 15) is 13.2 Å². The number of hydrogen-bond donors (Lipinski definition) is 0. The van der Waals surface area contributed by atoms with E-state index in [0.29, 0.717) is 34.9 Å². The van der Waals surface area contributed by atoms with Crippen LogP contribution >= 0.6 is 0 Å². The number of alkyl halides is 3. The van der Waals surface area contributed by atoms with Crippen LogP contribution in [0.3, 0.4) is 0 Å². The Morgan fingerprint density at radius 2 is 1.88 bits per heavy atom. The van der Waals surface area contributed by atoms with Crippen molar-refractivity contribution in [3.05, 3.63) is 90.1 Å². The lowest BCUT2D eigenvalue weighted by Crippen LogP contribution is -2.55. The summed E-state index contributed by atoms with van der Waals surface area (Å²) in [5.41, 5.74) is 1.04. The SMILES string of the molecule is C=CC1CN2CCC1CC2[C@H](OCc1ccccc1)c1cc(C(F)(F)F)nc2ccccc12. The Hall–Kier alpha value is -2.70. The number of aromatic nitrogens is 1. The zero-order valence-corrected chi connectivity index (χ0v) is 18.3. The Kier molecular flexibility index (Phi) is 5.97. The molecule has 0 spiro atoms. The Balaban J connectivity index is 1.58. The predicted octanol–water partition coefficient (Wildman–Crippen LogP) is 6.41. The van der Waals surface area contributed by atoms with Gasteiger partial charge in [-0.15, -0.1) is 6.58 Å². The van der Waals surface area contributed by atoms with Gasteiger partial charge in [0.15, 0.2) is 0 Å². The maximum atomic E-state index is 13.8. The predicted molar refractivity (Wildman–Crippen MR) is 122 cm³/mol. The van der Waals surface area contributed by atoms with Crippen molar-refractivity contribution in [2.24, 2.45) is 11.8 Å². The summed E-state index contributed by atoms with van der Waals surface area (Å²) in [5.74, 6) is 0.903. The Bertz CT molecular complexity index is 1130. The molecule has 0 amide bonds. The number of pyridine rings is 1. The molecule has 3 saturated heterocycles. The number of para-hydroxylation sites is 1. The highest BCUT2D eigenvalue weighted by molar-refractivity contribution is 5.83. The largest absolute Gasteiger partial charge is 0.433 e. The van der Waals surface area contributed by atoms with E-state index in [2.05, 4.69) is 16.5 Å². The average Bonchev–Trinajstić information content (AvgIpc) is 2.84. The molecule has 5 atom stereocenters. The van der Waals surface area contributed by atoms with Crippen molar-refractivity contribution in [3.8, 4) is 0 Å². The van der Waals surface area contributed by atoms with Gasteiger partial charge in [-0.3, -0.25) is 4.90 Å². The van der Waals surface area contributed by atoms with Crippen molar-refractivity contribution in [2.45, 2.75) is 37.8 Å². The Morgan fingerprint density at radius 1 is 1.12 bits per heavy atom. The van der Waals surface area contributed by atoms with E-state index in [-0.39, 0.29) is 6.04 Å². The second-order valence-corrected chi connectivity index (χ2v) is 9.08. The summed E-state index contributed by atoms with van der Waals surface area (Å²) >= 11 is 0. The van der Waals surface area contributed by atoms with Crippen molar-refractivity contribution in [2.75, 3.05) is 13.1 Å². The van der Waals surface area contributed by atoms with Crippen molar-refractivity contribution in [3.63, 3.8) is 0 Å². The second-order valence-electron chi connectivity index (χ2n) is 9.08. The van der Waals surface area contributed by atoms with Crippen LogP contribution in [0.4, 0.5) is 13.2 Å². The number of nitrogens with zero attached hydrogens (tertiary/aromatic N) is 2. The smallest absolute Gasteiger partial charge is 0.367 e. The van der Waals surface area contributed by atoms with Crippen LogP contribution in [0.5, 0.6) is 0 Å². The lowest BCUT2D eigenvalue weighted by molar-refractivity contribution is -0.141. The molecule has 3 aromatic rings. The highest BCUT2D eigenvalue weighted by Crippen LogP contribution is 2.44. The molecule has 2 bridgehead atoms. The number of halogens is 3. The van der Waals surface area contributed by atoms with Crippen LogP contribution in [-0.4, -0.2) is 29.0 Å². The van der Waals surface area contributed by atoms with Crippen LogP contribution in [0.15, 0.2) is 73.3 Å². The number of hydrogen-bond acceptors (Lipinski definition) is 3. The van der Waals surface area contributed by atoms with Crippen molar-refractivity contribution >= 4 is 10.9 Å². The van der Waals surface area contributed by atoms with Crippen molar-refractivity contribution < 1.29 is 17.9 Å². The van der Waals surface area contributed by atoms with Gasteiger partial charge in [0.05, 0.1) is 18.2 Å². The standard InChI is InChI=1S/C27H27F3N2O/c1-2-19-16-32-13-12-20(19)14-24(32)26(33-17-18-8-4-3-5-9-18)22-15-25(27(28,29)30)31-23-11-7-6-10-21(22)23/h2-11,15,19-20,24,26H,1,12-14,16-17H2/t19?,20?,24?,26-/m1/s1. The van der Waals surface area contributed by atoms with Crippen molar-refractivity contribution in [1.82, 2.24) is 9.88 Å². The molecule has 33 heavy (non-hydrogen) atoms. The van der Waals surface area contributed by atoms with Gasteiger partial charge in [-0.1, -0.05) is 54.6 Å². The monoisotopic (exact) mass is 452 g/mol. The summed E-state index contributed by atoms with van der Waals surface area (Å²) in [6.07, 6.45) is -1.02. The summed E-state index contributed by atoms with van der Waals surface area (Å²) in [4.78, 5) is 6.30. The third-order valence-electron chi connectivity index (χ3n) is 7.12. The maximum Gasteiger partial charge on any atom is 0.433 e. The summed E-state index contributed by atoms with van der Waals surface area (Å²) in [5, 5.41) is 0.714. The van der Waals surface area contributed by atoms with Gasteiger partial charge in [0.25, 0.3) is 0 Å². The Labute approximate surface area is 191 Å². The molecule has 4 heterocycles. The Morgan fingerprint density at radius 3 is 2.58 bits per heavy atom. The zero-order valence-electron chi connectivity index (χ0n) is 18.3. The lowest BCUT2D eigenvalue weighted by Gasteiger charge is -2.51. The highest BCUT2D eigenvalue weighted by Gasteiger charge is 2.44. The zero-order chi connectivity index (χ0) is 23.0. The van der Waals surface area contributed by atoms with Gasteiger partial charge in [-0.2, -0.15) is 13.2 Å². The third kappa shape index (κ3) is 4.42. The summed E-state index contributed by atoms with van der Waals surface area (Å²) in [6.45, 7) is 6.14. The van der Waals surface area contributed by atoms with Crippen LogP contribution in [0.2, 0.25) is 0 Å². The fraction of sp³-hybridized carbons (Fsp3) is 0.370. The van der Waals surface area contributed by atoms with Gasteiger partial charge >= 0.3 is 6.18 Å². The van der Waals surface area contributed by atoms with Gasteiger partial charge in [-0.25, -0.2) is 4.98 Å². The molecule has 3 aliphatic rings. The number of piperidine rings is 3. The minimum absolute atomic E-state index is 0.00977. The molecule has 0 aliphatic carbocycles. The summed E-state index contributed by atoms with van der Waals surface area (Å²) in [7, 11) is 0. The van der Waals surface area contributed by atoms with Gasteiger partial charge in [0.1, 0.15) is 5.69 Å². The number of ether oxygens (including phenoxy) is 1. The minimum atomic E-state index is -4.53. The molecule has 1 aromatic heterocycles. The van der Waals surface area contributed by atoms with Gasteiger partial charge in [0.2, 0.25) is 0 Å². The molecular weight excluding hydrogens is 425 g/mol. The molecule has 0 radical (unpaired) electrons. The number of fused-ring (bicyclic) bond motifs is 4. The number of rotatable bonds is 6. The van der Waals surface area contributed by atoms with Crippen molar-refractivity contribution in [1.29, 1.82) is 0 Å². The molecular formula is C27H27F3N2O. The van der Waals surface area contributed by atoms with Crippen LogP contribution in [0.1, 0.15) is 35.8 Å². The van der Waals surface area contributed by atoms with E-state index < -0.39 is 18.0 Å². The van der Waals surface area contributed by atoms with Gasteiger partial charge in [0, 0.05) is 18.0 Å². The number of benzene rings is 2. The van der Waals surface area contributed by atoms with Gasteiger partial charge in [-0.05, 0) is 54.5 Å². The first kappa shape index (κ1) is 22.1. The molecule has 6 rings (SSSR count). The third-order valence-corrected chi connectivity index (χ3v) is 7.12. The normalized spacial score (nSPS) is 25.8. The van der Waals surface area contributed by atoms with E-state index in [4.69, 9.17) is 4.74 Å². The molecule has 2 aromatic carbocycles.